The van der Waals surface area contributed by atoms with Gasteiger partial charge in [0.05, 0.1) is 17.1 Å². The lowest BCUT2D eigenvalue weighted by Crippen LogP contribution is -2.28. The zero-order valence-corrected chi connectivity index (χ0v) is 13.7. The molecule has 0 saturated heterocycles. The van der Waals surface area contributed by atoms with Crippen molar-refractivity contribution >= 4 is 16.8 Å². The maximum absolute atomic E-state index is 13.8. The number of nitrogens with one attached hydrogen (secondary N) is 1. The van der Waals surface area contributed by atoms with Crippen molar-refractivity contribution in [1.82, 2.24) is 10.3 Å². The fourth-order valence-corrected chi connectivity index (χ4v) is 2.78. The molecular formula is C20H19FN2O. The highest BCUT2D eigenvalue weighted by atomic mass is 19.1. The topological polar surface area (TPSA) is 42.0 Å². The third-order valence-electron chi connectivity index (χ3n) is 4.11. The second-order valence-corrected chi connectivity index (χ2v) is 5.87. The van der Waals surface area contributed by atoms with E-state index in [9.17, 15) is 9.18 Å². The van der Waals surface area contributed by atoms with E-state index in [-0.39, 0.29) is 17.5 Å². The first-order chi connectivity index (χ1) is 11.6. The van der Waals surface area contributed by atoms with Gasteiger partial charge in [0.1, 0.15) is 5.82 Å². The van der Waals surface area contributed by atoms with Gasteiger partial charge in [0.25, 0.3) is 5.91 Å². The molecule has 0 spiro atoms. The Morgan fingerprint density at radius 1 is 1.21 bits per heavy atom. The van der Waals surface area contributed by atoms with E-state index in [2.05, 4.69) is 10.3 Å². The molecule has 1 aromatic heterocycles. The summed E-state index contributed by atoms with van der Waals surface area (Å²) in [5.41, 5.74) is 2.97. The number of nitrogens with zero attached hydrogens (tertiary/aromatic N) is 1. The molecule has 24 heavy (non-hydrogen) atoms. The number of hydrogen-bond acceptors (Lipinski definition) is 2. The normalized spacial score (nSPS) is 12.1. The number of aromatic nitrogens is 1. The van der Waals surface area contributed by atoms with Crippen LogP contribution >= 0.6 is 0 Å². The largest absolute Gasteiger partial charge is 0.345 e. The molecule has 0 saturated carbocycles. The Morgan fingerprint density at radius 2 is 1.96 bits per heavy atom. The lowest BCUT2D eigenvalue weighted by Gasteiger charge is -2.18. The Balaban J connectivity index is 1.93. The molecule has 3 nitrogen and oxygen atoms in total. The number of pyridine rings is 1. The maximum Gasteiger partial charge on any atom is 0.254 e. The second kappa shape index (κ2) is 6.79. The van der Waals surface area contributed by atoms with Crippen LogP contribution < -0.4 is 5.32 Å². The van der Waals surface area contributed by atoms with Crippen molar-refractivity contribution in [2.75, 3.05) is 0 Å². The molecule has 3 aromatic rings. The number of rotatable bonds is 4. The first-order valence-electron chi connectivity index (χ1n) is 8.00. The zero-order chi connectivity index (χ0) is 17.1. The highest BCUT2D eigenvalue weighted by Crippen LogP contribution is 2.21. The van der Waals surface area contributed by atoms with Crippen molar-refractivity contribution in [2.24, 2.45) is 0 Å². The predicted molar refractivity (Wildman–Crippen MR) is 93.4 cm³/mol. The summed E-state index contributed by atoms with van der Waals surface area (Å²) in [6.45, 7) is 4.03. The van der Waals surface area contributed by atoms with E-state index >= 15 is 0 Å². The van der Waals surface area contributed by atoms with Crippen LogP contribution in [0.15, 0.2) is 54.7 Å². The van der Waals surface area contributed by atoms with Gasteiger partial charge < -0.3 is 5.32 Å². The van der Waals surface area contributed by atoms with Crippen LogP contribution in [0.2, 0.25) is 0 Å². The van der Waals surface area contributed by atoms with E-state index < -0.39 is 5.82 Å². The van der Waals surface area contributed by atoms with E-state index in [0.717, 1.165) is 12.0 Å². The van der Waals surface area contributed by atoms with E-state index in [1.807, 2.05) is 38.1 Å². The SMILES string of the molecule is CCC(NC(=O)c1cc(F)cc2cccnc12)c1ccc(C)cc1. The van der Waals surface area contributed by atoms with Crippen molar-refractivity contribution in [3.05, 3.63) is 77.2 Å². The number of hydrogen-bond donors (Lipinski definition) is 1. The Hall–Kier alpha value is -2.75. The van der Waals surface area contributed by atoms with Gasteiger partial charge in [0.15, 0.2) is 0 Å². The van der Waals surface area contributed by atoms with Gasteiger partial charge in [-0.3, -0.25) is 9.78 Å². The van der Waals surface area contributed by atoms with Crippen LogP contribution in [0, 0.1) is 12.7 Å². The molecule has 0 aliphatic heterocycles. The molecule has 0 fully saturated rings. The van der Waals surface area contributed by atoms with Crippen molar-refractivity contribution in [3.8, 4) is 0 Å². The number of carbonyl (C=O) groups is 1. The third-order valence-corrected chi connectivity index (χ3v) is 4.11. The molecule has 1 unspecified atom stereocenters. The summed E-state index contributed by atoms with van der Waals surface area (Å²) < 4.78 is 13.8. The van der Waals surface area contributed by atoms with Crippen molar-refractivity contribution in [3.63, 3.8) is 0 Å². The van der Waals surface area contributed by atoms with E-state index in [4.69, 9.17) is 0 Å². The molecule has 122 valence electrons. The molecule has 3 rings (SSSR count). The highest BCUT2D eigenvalue weighted by Gasteiger charge is 2.17. The molecule has 1 heterocycles. The molecular weight excluding hydrogens is 303 g/mol. The Morgan fingerprint density at radius 3 is 2.67 bits per heavy atom. The fraction of sp³-hybridized carbons (Fsp3) is 0.200. The molecule has 4 heteroatoms. The average molecular weight is 322 g/mol. The number of amides is 1. The van der Waals surface area contributed by atoms with Crippen LogP contribution in [0.4, 0.5) is 4.39 Å². The van der Waals surface area contributed by atoms with Gasteiger partial charge in [-0.25, -0.2) is 4.39 Å². The number of aryl methyl sites for hydroxylation is 1. The molecule has 1 atom stereocenters. The number of carbonyl (C=O) groups excluding carboxylic acids is 1. The summed E-state index contributed by atoms with van der Waals surface area (Å²) in [6, 6.07) is 14.0. The number of halogens is 1. The highest BCUT2D eigenvalue weighted by molar-refractivity contribution is 6.05. The van der Waals surface area contributed by atoms with Crippen LogP contribution in [0.25, 0.3) is 10.9 Å². The maximum atomic E-state index is 13.8. The summed E-state index contributed by atoms with van der Waals surface area (Å²) in [7, 11) is 0. The van der Waals surface area contributed by atoms with Crippen LogP contribution in [0.5, 0.6) is 0 Å². The predicted octanol–water partition coefficient (Wildman–Crippen LogP) is 4.56. The van der Waals surface area contributed by atoms with Crippen LogP contribution in [-0.4, -0.2) is 10.9 Å². The summed E-state index contributed by atoms with van der Waals surface area (Å²) in [5.74, 6) is -0.755. The summed E-state index contributed by atoms with van der Waals surface area (Å²) in [4.78, 5) is 16.9. The number of benzene rings is 2. The first-order valence-corrected chi connectivity index (χ1v) is 8.00. The van der Waals surface area contributed by atoms with Crippen LogP contribution in [0.1, 0.15) is 40.9 Å². The smallest absolute Gasteiger partial charge is 0.254 e. The minimum atomic E-state index is -0.441. The Bertz CT molecular complexity index is 874. The minimum absolute atomic E-state index is 0.125. The number of fused-ring (bicyclic) bond motifs is 1. The molecule has 0 aliphatic rings. The van der Waals surface area contributed by atoms with Gasteiger partial charge in [0.2, 0.25) is 0 Å². The van der Waals surface area contributed by atoms with Crippen molar-refractivity contribution in [1.29, 1.82) is 0 Å². The first kappa shape index (κ1) is 16.1. The minimum Gasteiger partial charge on any atom is -0.345 e. The van der Waals surface area contributed by atoms with Gasteiger partial charge in [0, 0.05) is 11.6 Å². The second-order valence-electron chi connectivity index (χ2n) is 5.87. The molecule has 0 aliphatic carbocycles. The van der Waals surface area contributed by atoms with Gasteiger partial charge in [-0.15, -0.1) is 0 Å². The van der Waals surface area contributed by atoms with Crippen molar-refractivity contribution in [2.45, 2.75) is 26.3 Å². The lowest BCUT2D eigenvalue weighted by molar-refractivity contribution is 0.0936. The Kier molecular flexibility index (Phi) is 4.56. The van der Waals surface area contributed by atoms with Crippen LogP contribution in [-0.2, 0) is 0 Å². The Labute approximate surface area is 140 Å². The molecule has 1 N–H and O–H groups in total. The standard InChI is InChI=1S/C20H19FN2O/c1-3-18(14-8-6-13(2)7-9-14)23-20(24)17-12-16(21)11-15-5-4-10-22-19(15)17/h4-12,18H,3H2,1-2H3,(H,23,24). The molecule has 0 radical (unpaired) electrons. The summed E-state index contributed by atoms with van der Waals surface area (Å²) in [5, 5.41) is 3.61. The molecule has 0 bridgehead atoms. The monoisotopic (exact) mass is 322 g/mol. The average Bonchev–Trinajstić information content (AvgIpc) is 2.59. The van der Waals surface area contributed by atoms with Gasteiger partial charge in [-0.1, -0.05) is 42.8 Å². The van der Waals surface area contributed by atoms with Crippen LogP contribution in [0.3, 0.4) is 0 Å². The zero-order valence-electron chi connectivity index (χ0n) is 13.7. The molecule has 2 aromatic carbocycles. The van der Waals surface area contributed by atoms with E-state index in [0.29, 0.717) is 10.9 Å². The quantitative estimate of drug-likeness (QED) is 0.765. The molecule has 1 amide bonds. The van der Waals surface area contributed by atoms with Gasteiger partial charge in [-0.05, 0) is 37.1 Å². The van der Waals surface area contributed by atoms with E-state index in [1.54, 1.807) is 18.3 Å². The fourth-order valence-electron chi connectivity index (χ4n) is 2.78. The van der Waals surface area contributed by atoms with Crippen molar-refractivity contribution < 1.29 is 9.18 Å². The van der Waals surface area contributed by atoms with Gasteiger partial charge in [-0.2, -0.15) is 0 Å². The lowest BCUT2D eigenvalue weighted by atomic mass is 10.0. The third kappa shape index (κ3) is 3.27. The summed E-state index contributed by atoms with van der Waals surface area (Å²) in [6.07, 6.45) is 2.35. The van der Waals surface area contributed by atoms with Gasteiger partial charge >= 0.3 is 0 Å². The summed E-state index contributed by atoms with van der Waals surface area (Å²) >= 11 is 0. The van der Waals surface area contributed by atoms with E-state index in [1.165, 1.54) is 17.7 Å².